The molecule has 0 spiro atoms. The number of nitrogens with one attached hydrogen (secondary N) is 2. The Bertz CT molecular complexity index is 687. The van der Waals surface area contributed by atoms with E-state index in [9.17, 15) is 9.59 Å². The molecule has 0 saturated carbocycles. The predicted molar refractivity (Wildman–Crippen MR) is 93.2 cm³/mol. The zero-order chi connectivity index (χ0) is 16.7. The minimum Gasteiger partial charge on any atom is -0.352 e. The Balaban J connectivity index is 2.11. The smallest absolute Gasteiger partial charge is 0.255 e. The van der Waals surface area contributed by atoms with Gasteiger partial charge in [-0.25, -0.2) is 0 Å². The van der Waals surface area contributed by atoms with Gasteiger partial charge in [-0.15, -0.1) is 11.6 Å². The van der Waals surface area contributed by atoms with E-state index in [0.29, 0.717) is 29.2 Å². The Morgan fingerprint density at radius 1 is 1.00 bits per heavy atom. The number of aryl methyl sites for hydroxylation is 1. The molecule has 0 aliphatic carbocycles. The van der Waals surface area contributed by atoms with Crippen molar-refractivity contribution in [3.63, 3.8) is 0 Å². The molecule has 0 bridgehead atoms. The Morgan fingerprint density at radius 2 is 1.74 bits per heavy atom. The molecule has 23 heavy (non-hydrogen) atoms. The molecule has 120 valence electrons. The van der Waals surface area contributed by atoms with Crippen molar-refractivity contribution in [1.29, 1.82) is 0 Å². The Morgan fingerprint density at radius 3 is 2.43 bits per heavy atom. The van der Waals surface area contributed by atoms with Crippen molar-refractivity contribution in [3.8, 4) is 0 Å². The Labute approximate surface area is 140 Å². The van der Waals surface area contributed by atoms with E-state index in [4.69, 9.17) is 11.6 Å². The molecule has 2 aromatic rings. The van der Waals surface area contributed by atoms with Crippen molar-refractivity contribution in [2.24, 2.45) is 0 Å². The second kappa shape index (κ2) is 8.34. The minimum atomic E-state index is -0.201. The van der Waals surface area contributed by atoms with E-state index in [-0.39, 0.29) is 11.8 Å². The van der Waals surface area contributed by atoms with Crippen LogP contribution in [-0.2, 0) is 0 Å². The summed E-state index contributed by atoms with van der Waals surface area (Å²) in [6, 6.07) is 14.2. The second-order valence-corrected chi connectivity index (χ2v) is 5.53. The monoisotopic (exact) mass is 330 g/mol. The first-order valence-electron chi connectivity index (χ1n) is 7.43. The Hall–Kier alpha value is -2.33. The van der Waals surface area contributed by atoms with Crippen LogP contribution in [0.3, 0.4) is 0 Å². The summed E-state index contributed by atoms with van der Waals surface area (Å²) in [5, 5.41) is 5.64. The summed E-state index contributed by atoms with van der Waals surface area (Å²) in [6.07, 6.45) is 0.719. The van der Waals surface area contributed by atoms with Gasteiger partial charge in [-0.1, -0.05) is 24.3 Å². The molecule has 2 rings (SSSR count). The average molecular weight is 331 g/mol. The van der Waals surface area contributed by atoms with E-state index in [1.54, 1.807) is 24.3 Å². The summed E-state index contributed by atoms with van der Waals surface area (Å²) in [5.74, 6) is 0.130. The third-order valence-electron chi connectivity index (χ3n) is 3.38. The van der Waals surface area contributed by atoms with E-state index in [1.807, 2.05) is 31.2 Å². The lowest BCUT2D eigenvalue weighted by Crippen LogP contribution is -2.25. The fraction of sp³-hybridized carbons (Fsp3) is 0.222. The Kier molecular flexibility index (Phi) is 6.18. The van der Waals surface area contributed by atoms with Gasteiger partial charge in [-0.3, -0.25) is 9.59 Å². The molecule has 2 N–H and O–H groups in total. The molecule has 2 aromatic carbocycles. The van der Waals surface area contributed by atoms with Crippen LogP contribution in [0.1, 0.15) is 32.7 Å². The van der Waals surface area contributed by atoms with Crippen LogP contribution in [0, 0.1) is 6.92 Å². The summed E-state index contributed by atoms with van der Waals surface area (Å²) in [6.45, 7) is 2.41. The molecule has 0 aliphatic rings. The molecule has 0 aromatic heterocycles. The van der Waals surface area contributed by atoms with Gasteiger partial charge in [0.25, 0.3) is 11.8 Å². The highest BCUT2D eigenvalue weighted by molar-refractivity contribution is 6.17. The SMILES string of the molecule is Cc1ccc(C(=O)NCCCCl)cc1NC(=O)c1ccccc1. The topological polar surface area (TPSA) is 58.2 Å². The molecule has 0 heterocycles. The van der Waals surface area contributed by atoms with Crippen molar-refractivity contribution in [3.05, 3.63) is 65.2 Å². The second-order valence-electron chi connectivity index (χ2n) is 5.15. The van der Waals surface area contributed by atoms with Gasteiger partial charge < -0.3 is 10.6 Å². The normalized spacial score (nSPS) is 10.2. The lowest BCUT2D eigenvalue weighted by Gasteiger charge is -2.11. The van der Waals surface area contributed by atoms with Crippen molar-refractivity contribution in [2.75, 3.05) is 17.7 Å². The lowest BCUT2D eigenvalue weighted by atomic mass is 10.1. The molecule has 0 fully saturated rings. The van der Waals surface area contributed by atoms with Crippen molar-refractivity contribution in [2.45, 2.75) is 13.3 Å². The molecule has 0 atom stereocenters. The number of anilines is 1. The van der Waals surface area contributed by atoms with Crippen molar-refractivity contribution in [1.82, 2.24) is 5.32 Å². The van der Waals surface area contributed by atoms with Gasteiger partial charge in [0, 0.05) is 29.2 Å². The summed E-state index contributed by atoms with van der Waals surface area (Å²) < 4.78 is 0. The maximum atomic E-state index is 12.2. The highest BCUT2D eigenvalue weighted by Gasteiger charge is 2.11. The van der Waals surface area contributed by atoms with Gasteiger partial charge in [0.05, 0.1) is 0 Å². The van der Waals surface area contributed by atoms with Gasteiger partial charge in [-0.2, -0.15) is 0 Å². The summed E-state index contributed by atoms with van der Waals surface area (Å²) in [4.78, 5) is 24.3. The lowest BCUT2D eigenvalue weighted by molar-refractivity contribution is 0.0952. The van der Waals surface area contributed by atoms with Crippen LogP contribution in [0.4, 0.5) is 5.69 Å². The van der Waals surface area contributed by atoms with E-state index in [1.165, 1.54) is 0 Å². The third kappa shape index (κ3) is 4.83. The molecular weight excluding hydrogens is 312 g/mol. The van der Waals surface area contributed by atoms with Crippen LogP contribution in [-0.4, -0.2) is 24.2 Å². The number of carbonyl (C=O) groups is 2. The quantitative estimate of drug-likeness (QED) is 0.628. The predicted octanol–water partition coefficient (Wildman–Crippen LogP) is 3.61. The first kappa shape index (κ1) is 17.0. The number of alkyl halides is 1. The maximum absolute atomic E-state index is 12.2. The first-order valence-corrected chi connectivity index (χ1v) is 7.96. The first-order chi connectivity index (χ1) is 11.1. The summed E-state index contributed by atoms with van der Waals surface area (Å²) >= 11 is 5.59. The van der Waals surface area contributed by atoms with Crippen LogP contribution in [0.5, 0.6) is 0 Å². The van der Waals surface area contributed by atoms with Gasteiger partial charge >= 0.3 is 0 Å². The largest absolute Gasteiger partial charge is 0.352 e. The van der Waals surface area contributed by atoms with Gasteiger partial charge in [0.1, 0.15) is 0 Å². The van der Waals surface area contributed by atoms with Crippen LogP contribution in [0.15, 0.2) is 48.5 Å². The van der Waals surface area contributed by atoms with Crippen LogP contribution < -0.4 is 10.6 Å². The van der Waals surface area contributed by atoms with Gasteiger partial charge in [0.15, 0.2) is 0 Å². The summed E-state index contributed by atoms with van der Waals surface area (Å²) in [5.41, 5.74) is 2.60. The van der Waals surface area contributed by atoms with Crippen molar-refractivity contribution >= 4 is 29.1 Å². The highest BCUT2D eigenvalue weighted by Crippen LogP contribution is 2.18. The minimum absolute atomic E-state index is 0.176. The van der Waals surface area contributed by atoms with E-state index in [0.717, 1.165) is 12.0 Å². The molecule has 4 nitrogen and oxygen atoms in total. The zero-order valence-corrected chi connectivity index (χ0v) is 13.7. The number of hydrogen-bond acceptors (Lipinski definition) is 2. The maximum Gasteiger partial charge on any atom is 0.255 e. The molecule has 0 unspecified atom stereocenters. The number of hydrogen-bond donors (Lipinski definition) is 2. The zero-order valence-electron chi connectivity index (χ0n) is 12.9. The number of amides is 2. The van der Waals surface area contributed by atoms with Gasteiger partial charge in [-0.05, 0) is 43.2 Å². The molecule has 0 radical (unpaired) electrons. The standard InChI is InChI=1S/C18H19ClN2O2/c1-13-8-9-15(17(22)20-11-5-10-19)12-16(13)21-18(23)14-6-3-2-4-7-14/h2-4,6-9,12H,5,10-11H2,1H3,(H,20,22)(H,21,23). The molecule has 0 aliphatic heterocycles. The van der Waals surface area contributed by atoms with Gasteiger partial charge in [0.2, 0.25) is 0 Å². The number of halogens is 1. The van der Waals surface area contributed by atoms with Crippen LogP contribution in [0.25, 0.3) is 0 Å². The average Bonchev–Trinajstić information content (AvgIpc) is 2.57. The number of rotatable bonds is 6. The fourth-order valence-corrected chi connectivity index (χ4v) is 2.19. The highest BCUT2D eigenvalue weighted by atomic mass is 35.5. The fourth-order valence-electron chi connectivity index (χ4n) is 2.05. The van der Waals surface area contributed by atoms with E-state index in [2.05, 4.69) is 10.6 Å². The van der Waals surface area contributed by atoms with Crippen LogP contribution >= 0.6 is 11.6 Å². The number of benzene rings is 2. The molecule has 0 saturated heterocycles. The molecular formula is C18H19ClN2O2. The van der Waals surface area contributed by atoms with Crippen LogP contribution in [0.2, 0.25) is 0 Å². The van der Waals surface area contributed by atoms with E-state index < -0.39 is 0 Å². The van der Waals surface area contributed by atoms with E-state index >= 15 is 0 Å². The molecule has 2 amide bonds. The third-order valence-corrected chi connectivity index (χ3v) is 3.65. The molecule has 5 heteroatoms. The summed E-state index contributed by atoms with van der Waals surface area (Å²) in [7, 11) is 0. The number of carbonyl (C=O) groups excluding carboxylic acids is 2. The van der Waals surface area contributed by atoms with Crippen molar-refractivity contribution < 1.29 is 9.59 Å².